The fourth-order valence-electron chi connectivity index (χ4n) is 2.74. The fraction of sp³-hybridized carbons (Fsp3) is 0.182. The molecule has 0 aliphatic carbocycles. The summed E-state index contributed by atoms with van der Waals surface area (Å²) in [4.78, 5) is 24.0. The van der Waals surface area contributed by atoms with Crippen LogP contribution in [0, 0.1) is 13.8 Å². The van der Waals surface area contributed by atoms with Crippen molar-refractivity contribution in [3.05, 3.63) is 70.2 Å². The molecule has 28 heavy (non-hydrogen) atoms. The van der Waals surface area contributed by atoms with Gasteiger partial charge in [0.2, 0.25) is 5.91 Å². The Bertz CT molecular complexity index is 1030. The molecule has 0 bridgehead atoms. The Morgan fingerprint density at radius 2 is 1.71 bits per heavy atom. The molecule has 0 aliphatic heterocycles. The minimum absolute atomic E-state index is 0.110. The van der Waals surface area contributed by atoms with Crippen LogP contribution in [0.15, 0.2) is 59.1 Å². The smallest absolute Gasteiger partial charge is 0.258 e. The summed E-state index contributed by atoms with van der Waals surface area (Å²) in [6.07, 6.45) is 0. The van der Waals surface area contributed by atoms with Crippen molar-refractivity contribution >= 4 is 44.2 Å². The van der Waals surface area contributed by atoms with Gasteiger partial charge in [-0.25, -0.2) is 0 Å². The minimum atomic E-state index is -0.355. The lowest BCUT2D eigenvalue weighted by Gasteiger charge is -2.11. The molecule has 0 aliphatic rings. The first kappa shape index (κ1) is 19.9. The molecular weight excluding hydrogens is 420 g/mol. The maximum atomic E-state index is 12.1. The van der Waals surface area contributed by atoms with Crippen LogP contribution in [0.1, 0.15) is 11.1 Å². The Morgan fingerprint density at radius 1 is 0.964 bits per heavy atom. The lowest BCUT2D eigenvalue weighted by atomic mass is 10.1. The maximum Gasteiger partial charge on any atom is 0.258 e. The Balaban J connectivity index is 1.48. The number of aryl methyl sites for hydroxylation is 1. The van der Waals surface area contributed by atoms with Gasteiger partial charge < -0.3 is 15.4 Å². The van der Waals surface area contributed by atoms with Gasteiger partial charge in [-0.05, 0) is 66.1 Å². The van der Waals surface area contributed by atoms with Crippen molar-refractivity contribution in [1.29, 1.82) is 0 Å². The van der Waals surface area contributed by atoms with E-state index in [4.69, 9.17) is 4.74 Å². The third kappa shape index (κ3) is 5.10. The summed E-state index contributed by atoms with van der Waals surface area (Å²) in [7, 11) is 0. The first-order chi connectivity index (χ1) is 13.4. The molecular formula is C22H21BrN2O3. The molecule has 2 N–H and O–H groups in total. The summed E-state index contributed by atoms with van der Waals surface area (Å²) in [5.41, 5.74) is 2.85. The number of ether oxygens (including phenoxy) is 1. The van der Waals surface area contributed by atoms with E-state index in [0.29, 0.717) is 5.75 Å². The average molecular weight is 441 g/mol. The van der Waals surface area contributed by atoms with Crippen LogP contribution in [0.3, 0.4) is 0 Å². The van der Waals surface area contributed by atoms with E-state index >= 15 is 0 Å². The van der Waals surface area contributed by atoms with Gasteiger partial charge in [0.15, 0.2) is 6.61 Å². The van der Waals surface area contributed by atoms with E-state index in [9.17, 15) is 9.59 Å². The second kappa shape index (κ2) is 8.89. The van der Waals surface area contributed by atoms with Crippen LogP contribution in [0.2, 0.25) is 0 Å². The fourth-order valence-corrected chi connectivity index (χ4v) is 3.12. The molecule has 0 spiro atoms. The molecule has 0 saturated carbocycles. The summed E-state index contributed by atoms with van der Waals surface area (Å²) in [6.45, 7) is 3.66. The highest BCUT2D eigenvalue weighted by Gasteiger charge is 2.09. The highest BCUT2D eigenvalue weighted by atomic mass is 79.9. The van der Waals surface area contributed by atoms with Gasteiger partial charge in [0, 0.05) is 10.2 Å². The van der Waals surface area contributed by atoms with Crippen molar-refractivity contribution in [2.45, 2.75) is 13.8 Å². The number of amides is 2. The summed E-state index contributed by atoms with van der Waals surface area (Å²) in [5.74, 6) is -0.0323. The number of anilines is 1. The van der Waals surface area contributed by atoms with Crippen LogP contribution in [0.4, 0.5) is 5.69 Å². The summed E-state index contributed by atoms with van der Waals surface area (Å²) < 4.78 is 6.54. The number of benzene rings is 3. The van der Waals surface area contributed by atoms with Crippen molar-refractivity contribution in [3.63, 3.8) is 0 Å². The van der Waals surface area contributed by atoms with E-state index in [1.807, 2.05) is 68.4 Å². The summed E-state index contributed by atoms with van der Waals surface area (Å²) >= 11 is 3.44. The SMILES string of the molecule is Cc1cccc(NC(=O)CNC(=O)COc2ccc3cc(Br)ccc3c2)c1C. The average Bonchev–Trinajstić information content (AvgIpc) is 2.68. The van der Waals surface area contributed by atoms with Crippen molar-refractivity contribution in [2.75, 3.05) is 18.5 Å². The zero-order chi connectivity index (χ0) is 20.1. The van der Waals surface area contributed by atoms with Gasteiger partial charge in [-0.3, -0.25) is 9.59 Å². The molecule has 3 aromatic rings. The van der Waals surface area contributed by atoms with Crippen LogP contribution < -0.4 is 15.4 Å². The van der Waals surface area contributed by atoms with Crippen molar-refractivity contribution in [2.24, 2.45) is 0 Å². The Labute approximate surface area is 172 Å². The molecule has 3 rings (SSSR count). The van der Waals surface area contributed by atoms with Crippen LogP contribution in [-0.4, -0.2) is 25.0 Å². The van der Waals surface area contributed by atoms with Crippen LogP contribution in [0.5, 0.6) is 5.75 Å². The largest absolute Gasteiger partial charge is 0.484 e. The molecule has 2 amide bonds. The molecule has 0 aromatic heterocycles. The van der Waals surface area contributed by atoms with Crippen LogP contribution >= 0.6 is 15.9 Å². The second-order valence-corrected chi connectivity index (χ2v) is 7.43. The second-order valence-electron chi connectivity index (χ2n) is 6.51. The number of carbonyl (C=O) groups excluding carboxylic acids is 2. The minimum Gasteiger partial charge on any atom is -0.484 e. The summed E-state index contributed by atoms with van der Waals surface area (Å²) in [6, 6.07) is 17.3. The highest BCUT2D eigenvalue weighted by molar-refractivity contribution is 9.10. The first-order valence-corrected chi connectivity index (χ1v) is 9.66. The quantitative estimate of drug-likeness (QED) is 0.598. The lowest BCUT2D eigenvalue weighted by molar-refractivity contribution is -0.125. The van der Waals surface area contributed by atoms with E-state index in [-0.39, 0.29) is 25.0 Å². The monoisotopic (exact) mass is 440 g/mol. The summed E-state index contributed by atoms with van der Waals surface area (Å²) in [5, 5.41) is 7.48. The Hall–Kier alpha value is -2.86. The van der Waals surface area contributed by atoms with Gasteiger partial charge in [0.05, 0.1) is 6.54 Å². The number of hydrogen-bond donors (Lipinski definition) is 2. The third-order valence-corrected chi connectivity index (χ3v) is 4.96. The van der Waals surface area contributed by atoms with E-state index in [2.05, 4.69) is 26.6 Å². The zero-order valence-corrected chi connectivity index (χ0v) is 17.3. The molecule has 144 valence electrons. The molecule has 5 nitrogen and oxygen atoms in total. The maximum absolute atomic E-state index is 12.1. The Kier molecular flexibility index (Phi) is 6.31. The number of nitrogens with one attached hydrogen (secondary N) is 2. The van der Waals surface area contributed by atoms with Gasteiger partial charge >= 0.3 is 0 Å². The van der Waals surface area contributed by atoms with Crippen molar-refractivity contribution in [1.82, 2.24) is 5.32 Å². The van der Waals surface area contributed by atoms with Crippen LogP contribution in [0.25, 0.3) is 10.8 Å². The molecule has 0 radical (unpaired) electrons. The van der Waals surface area contributed by atoms with E-state index in [0.717, 1.165) is 32.1 Å². The first-order valence-electron chi connectivity index (χ1n) is 8.87. The normalized spacial score (nSPS) is 10.5. The number of hydrogen-bond acceptors (Lipinski definition) is 3. The highest BCUT2D eigenvalue weighted by Crippen LogP contribution is 2.24. The number of fused-ring (bicyclic) bond motifs is 1. The molecule has 6 heteroatoms. The number of rotatable bonds is 6. The molecule has 0 fully saturated rings. The van der Waals surface area contributed by atoms with Gasteiger partial charge in [0.25, 0.3) is 5.91 Å². The van der Waals surface area contributed by atoms with Gasteiger partial charge in [-0.15, -0.1) is 0 Å². The topological polar surface area (TPSA) is 67.4 Å². The zero-order valence-electron chi connectivity index (χ0n) is 15.7. The molecule has 3 aromatic carbocycles. The number of carbonyl (C=O) groups is 2. The predicted octanol–water partition coefficient (Wildman–Crippen LogP) is 4.35. The van der Waals surface area contributed by atoms with E-state index in [1.54, 1.807) is 0 Å². The molecule has 0 heterocycles. The van der Waals surface area contributed by atoms with E-state index in [1.165, 1.54) is 0 Å². The molecule has 0 atom stereocenters. The lowest BCUT2D eigenvalue weighted by Crippen LogP contribution is -2.35. The van der Waals surface area contributed by atoms with Crippen molar-refractivity contribution < 1.29 is 14.3 Å². The van der Waals surface area contributed by atoms with Gasteiger partial charge in [-0.2, -0.15) is 0 Å². The van der Waals surface area contributed by atoms with Crippen molar-refractivity contribution in [3.8, 4) is 5.75 Å². The molecule has 0 saturated heterocycles. The van der Waals surface area contributed by atoms with E-state index < -0.39 is 0 Å². The predicted molar refractivity (Wildman–Crippen MR) is 115 cm³/mol. The molecule has 0 unspecified atom stereocenters. The Morgan fingerprint density at radius 3 is 2.54 bits per heavy atom. The standard InChI is InChI=1S/C22H21BrN2O3/c1-14-4-3-5-20(15(14)2)25-21(26)12-24-22(27)13-28-19-9-7-16-10-18(23)8-6-17(16)11-19/h3-11H,12-13H2,1-2H3,(H,24,27)(H,25,26). The van der Waals surface area contributed by atoms with Crippen LogP contribution in [-0.2, 0) is 9.59 Å². The van der Waals surface area contributed by atoms with Gasteiger partial charge in [-0.1, -0.05) is 40.2 Å². The third-order valence-electron chi connectivity index (χ3n) is 4.47. The number of halogens is 1. The van der Waals surface area contributed by atoms with Gasteiger partial charge in [0.1, 0.15) is 5.75 Å².